The normalized spacial score (nSPS) is 12.4. The summed E-state index contributed by atoms with van der Waals surface area (Å²) in [5, 5.41) is 3.81. The van der Waals surface area contributed by atoms with Crippen LogP contribution >= 0.6 is 19.2 Å². The molecule has 0 amide bonds. The predicted molar refractivity (Wildman–Crippen MR) is 74.8 cm³/mol. The number of aromatic nitrogens is 2. The average Bonchev–Trinajstić information content (AvgIpc) is 2.82. The molecule has 1 aromatic carbocycles. The molecule has 0 aliphatic rings. The van der Waals surface area contributed by atoms with Crippen molar-refractivity contribution >= 4 is 25.0 Å². The number of carbonyl (C=O) groups is 1. The van der Waals surface area contributed by atoms with Crippen LogP contribution in [0.25, 0.3) is 5.69 Å². The Kier molecular flexibility index (Phi) is 4.68. The Morgan fingerprint density at radius 3 is 2.30 bits per heavy atom. The number of benzene rings is 1. The molecule has 0 saturated heterocycles. The Bertz CT molecular complexity index is 783. The zero-order valence-corrected chi connectivity index (χ0v) is 12.8. The van der Waals surface area contributed by atoms with Gasteiger partial charge in [0.2, 0.25) is 0 Å². The molecule has 1 heterocycles. The summed E-state index contributed by atoms with van der Waals surface area (Å²) >= 11 is 5.66. The first-order valence-corrected chi connectivity index (χ1v) is 8.15. The summed E-state index contributed by atoms with van der Waals surface area (Å²) in [6.07, 6.45) is -5.64. The van der Waals surface area contributed by atoms with E-state index in [2.05, 4.69) is 5.10 Å². The van der Waals surface area contributed by atoms with Crippen LogP contribution in [0.5, 0.6) is 0 Å². The average molecular weight is 369 g/mol. The van der Waals surface area contributed by atoms with E-state index in [0.717, 1.165) is 0 Å². The van der Waals surface area contributed by atoms with E-state index in [1.54, 1.807) is 0 Å². The Hall–Kier alpha value is -1.67. The molecule has 0 fully saturated rings. The van der Waals surface area contributed by atoms with Gasteiger partial charge in [0.15, 0.2) is 11.5 Å². The van der Waals surface area contributed by atoms with Gasteiger partial charge in [0, 0.05) is 5.02 Å². The molecule has 1 aromatic heterocycles. The topological polar surface area (TPSA) is 92.4 Å². The Morgan fingerprint density at radius 1 is 1.26 bits per heavy atom. The minimum absolute atomic E-state index is 0.00282. The third-order valence-electron chi connectivity index (χ3n) is 2.76. The first-order valence-electron chi connectivity index (χ1n) is 5.98. The van der Waals surface area contributed by atoms with Gasteiger partial charge in [0.05, 0.1) is 17.4 Å². The van der Waals surface area contributed by atoms with Gasteiger partial charge in [-0.15, -0.1) is 0 Å². The van der Waals surface area contributed by atoms with Crippen molar-refractivity contribution in [3.63, 3.8) is 0 Å². The molecule has 0 radical (unpaired) electrons. The standard InChI is InChI=1S/C12H9ClF3N2O4P/c13-7-1-3-8(4-2-7)18-11(12(14,15)16)9(5-17-18)10(19)6-23(20,21)22/h1-5H,6H2,(H2,20,21,22). The summed E-state index contributed by atoms with van der Waals surface area (Å²) in [6, 6.07) is 5.22. The molecule has 23 heavy (non-hydrogen) atoms. The number of rotatable bonds is 4. The van der Waals surface area contributed by atoms with Crippen LogP contribution < -0.4 is 0 Å². The highest BCUT2D eigenvalue weighted by Gasteiger charge is 2.41. The van der Waals surface area contributed by atoms with Gasteiger partial charge in [-0.2, -0.15) is 18.3 Å². The van der Waals surface area contributed by atoms with Crippen molar-refractivity contribution in [3.8, 4) is 5.69 Å². The van der Waals surface area contributed by atoms with Crippen molar-refractivity contribution in [2.24, 2.45) is 0 Å². The maximum Gasteiger partial charge on any atom is 0.434 e. The van der Waals surface area contributed by atoms with Crippen molar-refractivity contribution in [1.82, 2.24) is 9.78 Å². The van der Waals surface area contributed by atoms with Gasteiger partial charge in [0.25, 0.3) is 0 Å². The minimum atomic E-state index is -4.95. The van der Waals surface area contributed by atoms with Crippen LogP contribution in [0.2, 0.25) is 5.02 Å². The number of alkyl halides is 3. The second-order valence-corrected chi connectivity index (χ2v) is 6.62. The minimum Gasteiger partial charge on any atom is -0.324 e. The lowest BCUT2D eigenvalue weighted by Crippen LogP contribution is -2.18. The first kappa shape index (κ1) is 17.7. The fourth-order valence-electron chi connectivity index (χ4n) is 1.88. The zero-order valence-electron chi connectivity index (χ0n) is 11.2. The molecule has 11 heteroatoms. The molecule has 124 valence electrons. The van der Waals surface area contributed by atoms with Crippen molar-refractivity contribution < 1.29 is 32.3 Å². The quantitative estimate of drug-likeness (QED) is 0.639. The van der Waals surface area contributed by atoms with E-state index in [1.807, 2.05) is 0 Å². The van der Waals surface area contributed by atoms with Gasteiger partial charge in [-0.1, -0.05) is 11.6 Å². The highest BCUT2D eigenvalue weighted by Crippen LogP contribution is 2.38. The van der Waals surface area contributed by atoms with E-state index >= 15 is 0 Å². The van der Waals surface area contributed by atoms with Gasteiger partial charge in [-0.25, -0.2) is 4.68 Å². The molecule has 0 bridgehead atoms. The molecule has 0 aliphatic heterocycles. The van der Waals surface area contributed by atoms with Crippen molar-refractivity contribution in [1.29, 1.82) is 0 Å². The summed E-state index contributed by atoms with van der Waals surface area (Å²) in [7, 11) is -4.80. The third kappa shape index (κ3) is 4.20. The molecule has 0 unspecified atom stereocenters. The summed E-state index contributed by atoms with van der Waals surface area (Å²) < 4.78 is 51.1. The molecule has 0 spiro atoms. The van der Waals surface area contributed by atoms with E-state index < -0.39 is 37.0 Å². The van der Waals surface area contributed by atoms with E-state index in [4.69, 9.17) is 21.4 Å². The highest BCUT2D eigenvalue weighted by molar-refractivity contribution is 7.52. The molecule has 0 atom stereocenters. The van der Waals surface area contributed by atoms with E-state index in [1.165, 1.54) is 24.3 Å². The number of ketones is 1. The van der Waals surface area contributed by atoms with E-state index in [9.17, 15) is 22.5 Å². The second kappa shape index (κ2) is 6.09. The molecule has 2 aromatic rings. The molecule has 0 aliphatic carbocycles. The lowest BCUT2D eigenvalue weighted by molar-refractivity contribution is -0.143. The molecule has 2 N–H and O–H groups in total. The predicted octanol–water partition coefficient (Wildman–Crippen LogP) is 2.90. The largest absolute Gasteiger partial charge is 0.434 e. The summed E-state index contributed by atoms with van der Waals surface area (Å²) in [6.45, 7) is 0. The van der Waals surface area contributed by atoms with Crippen LogP contribution in [0.15, 0.2) is 30.5 Å². The lowest BCUT2D eigenvalue weighted by Gasteiger charge is -2.12. The van der Waals surface area contributed by atoms with E-state index in [-0.39, 0.29) is 5.69 Å². The van der Waals surface area contributed by atoms with Crippen LogP contribution in [0.1, 0.15) is 16.1 Å². The van der Waals surface area contributed by atoms with Gasteiger partial charge in [-0.05, 0) is 24.3 Å². The highest BCUT2D eigenvalue weighted by atomic mass is 35.5. The fraction of sp³-hybridized carbons (Fsp3) is 0.167. The van der Waals surface area contributed by atoms with Crippen LogP contribution in [-0.2, 0) is 10.7 Å². The summed E-state index contributed by atoms with van der Waals surface area (Å²) in [5.41, 5.74) is -2.31. The maximum atomic E-state index is 13.3. The van der Waals surface area contributed by atoms with Gasteiger partial charge in [-0.3, -0.25) is 9.36 Å². The Balaban J connectivity index is 2.56. The fourth-order valence-corrected chi connectivity index (χ4v) is 2.55. The Labute approximate surface area is 132 Å². The number of halogens is 4. The number of carbonyl (C=O) groups excluding carboxylic acids is 1. The first-order chi connectivity index (χ1) is 10.5. The SMILES string of the molecule is O=C(CP(=O)(O)O)c1cnn(-c2ccc(Cl)cc2)c1C(F)(F)F. The maximum absolute atomic E-state index is 13.3. The second-order valence-electron chi connectivity index (χ2n) is 4.54. The van der Waals surface area contributed by atoms with Gasteiger partial charge >= 0.3 is 13.8 Å². The van der Waals surface area contributed by atoms with E-state index in [0.29, 0.717) is 15.9 Å². The number of hydrogen-bond donors (Lipinski definition) is 2. The van der Waals surface area contributed by atoms with Crippen LogP contribution in [0, 0.1) is 0 Å². The molecular formula is C12H9ClF3N2O4P. The van der Waals surface area contributed by atoms with Crippen molar-refractivity contribution in [2.45, 2.75) is 6.18 Å². The molecule has 0 saturated carbocycles. The number of hydrogen-bond acceptors (Lipinski definition) is 3. The van der Waals surface area contributed by atoms with Crippen LogP contribution in [-0.4, -0.2) is 31.5 Å². The van der Waals surface area contributed by atoms with Gasteiger partial charge in [0.1, 0.15) is 6.16 Å². The summed E-state index contributed by atoms with van der Waals surface area (Å²) in [5.74, 6) is -1.34. The lowest BCUT2D eigenvalue weighted by atomic mass is 10.1. The number of nitrogens with zero attached hydrogens (tertiary/aromatic N) is 2. The van der Waals surface area contributed by atoms with Crippen molar-refractivity contribution in [2.75, 3.05) is 6.16 Å². The zero-order chi connectivity index (χ0) is 17.4. The number of Topliss-reactive ketones (excluding diaryl/α,β-unsaturated/α-hetero) is 1. The Morgan fingerprint density at radius 2 is 1.83 bits per heavy atom. The van der Waals surface area contributed by atoms with Crippen LogP contribution in [0.3, 0.4) is 0 Å². The monoisotopic (exact) mass is 368 g/mol. The molecule has 6 nitrogen and oxygen atoms in total. The smallest absolute Gasteiger partial charge is 0.324 e. The summed E-state index contributed by atoms with van der Waals surface area (Å²) in [4.78, 5) is 29.3. The van der Waals surface area contributed by atoms with Crippen LogP contribution in [0.4, 0.5) is 13.2 Å². The molecular weight excluding hydrogens is 360 g/mol. The molecule has 2 rings (SSSR count). The van der Waals surface area contributed by atoms with Crippen molar-refractivity contribution in [3.05, 3.63) is 46.7 Å². The van der Waals surface area contributed by atoms with Gasteiger partial charge < -0.3 is 9.79 Å². The third-order valence-corrected chi connectivity index (χ3v) is 3.71.